The van der Waals surface area contributed by atoms with E-state index in [1.165, 1.54) is 0 Å². The van der Waals surface area contributed by atoms with Gasteiger partial charge in [0.05, 0.1) is 11.8 Å². The van der Waals surface area contributed by atoms with Crippen LogP contribution in [0.2, 0.25) is 0 Å². The Labute approximate surface area is 148 Å². The third-order valence-electron chi connectivity index (χ3n) is 4.14. The van der Waals surface area contributed by atoms with Gasteiger partial charge in [-0.2, -0.15) is 0 Å². The summed E-state index contributed by atoms with van der Waals surface area (Å²) in [6, 6.07) is 16.9. The van der Waals surface area contributed by atoms with Crippen molar-refractivity contribution in [2.75, 3.05) is 5.32 Å². The summed E-state index contributed by atoms with van der Waals surface area (Å²) in [5.41, 5.74) is 2.51. The molecule has 1 saturated carbocycles. The summed E-state index contributed by atoms with van der Waals surface area (Å²) in [7, 11) is -1.04. The fourth-order valence-corrected chi connectivity index (χ4v) is 3.95. The number of carboxylic acids is 1. The number of hydrogen-bond donors (Lipinski definition) is 2. The van der Waals surface area contributed by atoms with E-state index in [0.29, 0.717) is 23.6 Å². The van der Waals surface area contributed by atoms with Gasteiger partial charge >= 0.3 is 5.97 Å². The molecule has 2 aromatic carbocycles. The number of anilines is 1. The standard InChI is InChI=1S/C19H19NO4S/c21-18(16-10-17(16)19(22)23)20-15-8-4-7-14(9-15)12-25(24)11-13-5-2-1-3-6-13/h1-9,16-17H,10-12H2,(H,20,21)(H,22,23). The third-order valence-corrected chi connectivity index (χ3v) is 5.45. The van der Waals surface area contributed by atoms with Crippen molar-refractivity contribution in [3.05, 3.63) is 65.7 Å². The van der Waals surface area contributed by atoms with Crippen LogP contribution in [0.1, 0.15) is 17.5 Å². The molecule has 3 unspecified atom stereocenters. The van der Waals surface area contributed by atoms with Crippen LogP contribution < -0.4 is 5.32 Å². The van der Waals surface area contributed by atoms with Crippen LogP contribution in [0.3, 0.4) is 0 Å². The van der Waals surface area contributed by atoms with Crippen LogP contribution in [0.25, 0.3) is 0 Å². The number of amides is 1. The van der Waals surface area contributed by atoms with Gasteiger partial charge in [0.15, 0.2) is 0 Å². The molecule has 1 aliphatic carbocycles. The van der Waals surface area contributed by atoms with Gasteiger partial charge in [-0.1, -0.05) is 42.5 Å². The molecule has 25 heavy (non-hydrogen) atoms. The SMILES string of the molecule is O=C(O)C1CC1C(=O)Nc1cccc(CS(=O)Cc2ccccc2)c1. The van der Waals surface area contributed by atoms with Crippen molar-refractivity contribution >= 4 is 28.4 Å². The zero-order chi connectivity index (χ0) is 17.8. The van der Waals surface area contributed by atoms with E-state index in [9.17, 15) is 13.8 Å². The predicted octanol–water partition coefficient (Wildman–Crippen LogP) is 2.79. The monoisotopic (exact) mass is 357 g/mol. The minimum absolute atomic E-state index is 0.269. The Morgan fingerprint density at radius 2 is 1.68 bits per heavy atom. The smallest absolute Gasteiger partial charge is 0.307 e. The molecule has 0 aliphatic heterocycles. The number of nitrogens with one attached hydrogen (secondary N) is 1. The fraction of sp³-hybridized carbons (Fsp3) is 0.263. The van der Waals surface area contributed by atoms with Crippen molar-refractivity contribution < 1.29 is 18.9 Å². The normalized spacial score (nSPS) is 19.8. The molecule has 0 saturated heterocycles. The quantitative estimate of drug-likeness (QED) is 0.798. The minimum Gasteiger partial charge on any atom is -0.481 e. The lowest BCUT2D eigenvalue weighted by Crippen LogP contribution is -2.16. The topological polar surface area (TPSA) is 83.5 Å². The van der Waals surface area contributed by atoms with Gasteiger partial charge in [0.25, 0.3) is 0 Å². The number of carboxylic acid groups (broad SMARTS) is 1. The summed E-state index contributed by atoms with van der Waals surface area (Å²) in [4.78, 5) is 22.9. The van der Waals surface area contributed by atoms with E-state index in [-0.39, 0.29) is 5.91 Å². The molecule has 1 aliphatic rings. The lowest BCUT2D eigenvalue weighted by molar-refractivity contribution is -0.139. The zero-order valence-electron chi connectivity index (χ0n) is 13.6. The number of aliphatic carboxylic acids is 1. The molecule has 5 nitrogen and oxygen atoms in total. The van der Waals surface area contributed by atoms with Gasteiger partial charge < -0.3 is 10.4 Å². The number of rotatable bonds is 7. The van der Waals surface area contributed by atoms with Crippen LogP contribution in [-0.2, 0) is 31.9 Å². The highest BCUT2D eigenvalue weighted by atomic mass is 32.2. The summed E-state index contributed by atoms with van der Waals surface area (Å²) in [5.74, 6) is -1.32. The highest BCUT2D eigenvalue weighted by Gasteiger charge is 2.48. The molecule has 2 aromatic rings. The van der Waals surface area contributed by atoms with E-state index in [2.05, 4.69) is 5.32 Å². The average molecular weight is 357 g/mol. The molecule has 0 aromatic heterocycles. The van der Waals surface area contributed by atoms with Crippen molar-refractivity contribution in [1.82, 2.24) is 0 Å². The Bertz CT molecular complexity index is 806. The lowest BCUT2D eigenvalue weighted by Gasteiger charge is -2.08. The molecule has 0 bridgehead atoms. The fourth-order valence-electron chi connectivity index (χ4n) is 2.73. The number of benzene rings is 2. The summed E-state index contributed by atoms with van der Waals surface area (Å²) >= 11 is 0. The number of carbonyl (C=O) groups excluding carboxylic acids is 1. The second kappa shape index (κ2) is 7.61. The van der Waals surface area contributed by atoms with Crippen molar-refractivity contribution in [3.63, 3.8) is 0 Å². The van der Waals surface area contributed by atoms with Crippen molar-refractivity contribution in [2.45, 2.75) is 17.9 Å². The molecule has 3 rings (SSSR count). The van der Waals surface area contributed by atoms with Gasteiger partial charge in [-0.3, -0.25) is 13.8 Å². The Hall–Kier alpha value is -2.47. The van der Waals surface area contributed by atoms with Crippen LogP contribution in [0.5, 0.6) is 0 Å². The molecule has 3 atom stereocenters. The molecule has 2 N–H and O–H groups in total. The number of carbonyl (C=O) groups is 2. The first kappa shape index (κ1) is 17.4. The molecule has 0 heterocycles. The third kappa shape index (κ3) is 4.76. The van der Waals surface area contributed by atoms with E-state index in [4.69, 9.17) is 5.11 Å². The first-order valence-corrected chi connectivity index (χ1v) is 9.53. The van der Waals surface area contributed by atoms with Crippen LogP contribution in [0, 0.1) is 11.8 Å². The van der Waals surface area contributed by atoms with Crippen LogP contribution in [-0.4, -0.2) is 21.2 Å². The maximum atomic E-state index is 12.3. The van der Waals surface area contributed by atoms with E-state index in [1.807, 2.05) is 36.4 Å². The Balaban J connectivity index is 1.57. The summed E-state index contributed by atoms with van der Waals surface area (Å²) in [6.45, 7) is 0. The largest absolute Gasteiger partial charge is 0.481 e. The van der Waals surface area contributed by atoms with E-state index in [0.717, 1.165) is 11.1 Å². The molecule has 1 fully saturated rings. The van der Waals surface area contributed by atoms with Gasteiger partial charge in [-0.05, 0) is 29.7 Å². The second-order valence-electron chi connectivity index (χ2n) is 6.19. The van der Waals surface area contributed by atoms with Crippen molar-refractivity contribution in [2.24, 2.45) is 11.8 Å². The van der Waals surface area contributed by atoms with Gasteiger partial charge in [0.2, 0.25) is 5.91 Å². The summed E-state index contributed by atoms with van der Waals surface area (Å²) in [6.07, 6.45) is 0.391. The van der Waals surface area contributed by atoms with Crippen molar-refractivity contribution in [1.29, 1.82) is 0 Å². The van der Waals surface area contributed by atoms with E-state index in [1.54, 1.807) is 18.2 Å². The van der Waals surface area contributed by atoms with Gasteiger partial charge in [-0.25, -0.2) is 0 Å². The maximum Gasteiger partial charge on any atom is 0.307 e. The van der Waals surface area contributed by atoms with Gasteiger partial charge in [0.1, 0.15) is 0 Å². The van der Waals surface area contributed by atoms with Crippen molar-refractivity contribution in [3.8, 4) is 0 Å². The Kier molecular flexibility index (Phi) is 5.28. The zero-order valence-corrected chi connectivity index (χ0v) is 14.4. The molecule has 0 radical (unpaired) electrons. The first-order chi connectivity index (χ1) is 12.0. The highest BCUT2D eigenvalue weighted by molar-refractivity contribution is 7.83. The Morgan fingerprint density at radius 3 is 2.36 bits per heavy atom. The summed E-state index contributed by atoms with van der Waals surface area (Å²) < 4.78 is 12.3. The predicted molar refractivity (Wildman–Crippen MR) is 96.3 cm³/mol. The Morgan fingerprint density at radius 1 is 1.00 bits per heavy atom. The minimum atomic E-state index is -1.04. The van der Waals surface area contributed by atoms with Gasteiger partial charge in [0, 0.05) is 28.0 Å². The molecule has 130 valence electrons. The average Bonchev–Trinajstić information content (AvgIpc) is 3.37. The van der Waals surface area contributed by atoms with E-state index < -0.39 is 28.6 Å². The number of hydrogen-bond acceptors (Lipinski definition) is 3. The van der Waals surface area contributed by atoms with Crippen LogP contribution >= 0.6 is 0 Å². The molecular formula is C19H19NO4S. The van der Waals surface area contributed by atoms with Crippen LogP contribution in [0.4, 0.5) is 5.69 Å². The maximum absolute atomic E-state index is 12.3. The summed E-state index contributed by atoms with van der Waals surface area (Å²) in [5, 5.41) is 11.6. The van der Waals surface area contributed by atoms with Crippen LogP contribution in [0.15, 0.2) is 54.6 Å². The molecule has 1 amide bonds. The van der Waals surface area contributed by atoms with E-state index >= 15 is 0 Å². The molecule has 0 spiro atoms. The molecule has 6 heteroatoms. The second-order valence-corrected chi connectivity index (χ2v) is 7.65. The first-order valence-electron chi connectivity index (χ1n) is 8.04. The highest BCUT2D eigenvalue weighted by Crippen LogP contribution is 2.39. The van der Waals surface area contributed by atoms with Gasteiger partial charge in [-0.15, -0.1) is 0 Å². The molecular weight excluding hydrogens is 338 g/mol. The lowest BCUT2D eigenvalue weighted by atomic mass is 10.2.